The molecule has 1 aromatic carbocycles. The minimum atomic E-state index is -0.139. The molecule has 5 heteroatoms. The second-order valence-corrected chi connectivity index (χ2v) is 4.68. The van der Waals surface area contributed by atoms with E-state index in [1.165, 1.54) is 0 Å². The fourth-order valence-electron chi connectivity index (χ4n) is 2.12. The summed E-state index contributed by atoms with van der Waals surface area (Å²) in [6.45, 7) is 2.18. The molecule has 0 aliphatic carbocycles. The maximum atomic E-state index is 11.9. The Bertz CT molecular complexity index is 408. The summed E-state index contributed by atoms with van der Waals surface area (Å²) in [6, 6.07) is 4.89. The molecule has 0 saturated carbocycles. The van der Waals surface area contributed by atoms with Crippen molar-refractivity contribution in [3.63, 3.8) is 0 Å². The lowest BCUT2D eigenvalue weighted by Gasteiger charge is -2.22. The quantitative estimate of drug-likeness (QED) is 0.697. The average molecular weight is 249 g/mol. The highest BCUT2D eigenvalue weighted by Crippen LogP contribution is 2.15. The van der Waals surface area contributed by atoms with Gasteiger partial charge >= 0.3 is 0 Å². The van der Waals surface area contributed by atoms with Crippen molar-refractivity contribution < 1.29 is 9.53 Å². The van der Waals surface area contributed by atoms with E-state index in [0.717, 1.165) is 26.1 Å². The van der Waals surface area contributed by atoms with E-state index in [1.807, 2.05) is 0 Å². The zero-order valence-corrected chi connectivity index (χ0v) is 10.3. The van der Waals surface area contributed by atoms with Crippen molar-refractivity contribution in [1.29, 1.82) is 0 Å². The summed E-state index contributed by atoms with van der Waals surface area (Å²) >= 11 is 0. The van der Waals surface area contributed by atoms with E-state index in [2.05, 4.69) is 5.32 Å². The van der Waals surface area contributed by atoms with Gasteiger partial charge in [-0.25, -0.2) is 0 Å². The summed E-state index contributed by atoms with van der Waals surface area (Å²) in [5, 5.41) is 2.89. The molecule has 2 rings (SSSR count). The molecule has 1 unspecified atom stereocenters. The van der Waals surface area contributed by atoms with Crippen LogP contribution in [0.2, 0.25) is 0 Å². The maximum Gasteiger partial charge on any atom is 0.251 e. The molecular formula is C13H19N3O2. The number of hydrogen-bond donors (Lipinski definition) is 3. The highest BCUT2D eigenvalue weighted by atomic mass is 16.5. The lowest BCUT2D eigenvalue weighted by molar-refractivity contribution is 0.0536. The third-order valence-corrected chi connectivity index (χ3v) is 3.05. The standard InChI is InChI=1S/C13H19N3O2/c14-11-4-10(5-12(15)6-11)13(17)16-7-9-2-1-3-18-8-9/h4-6,9H,1-3,7-8,14-15H2,(H,16,17). The summed E-state index contributed by atoms with van der Waals surface area (Å²) in [7, 11) is 0. The van der Waals surface area contributed by atoms with Crippen LogP contribution >= 0.6 is 0 Å². The molecule has 1 heterocycles. The molecule has 0 radical (unpaired) electrons. The zero-order chi connectivity index (χ0) is 13.0. The van der Waals surface area contributed by atoms with Gasteiger partial charge in [-0.15, -0.1) is 0 Å². The van der Waals surface area contributed by atoms with E-state index in [4.69, 9.17) is 16.2 Å². The predicted molar refractivity (Wildman–Crippen MR) is 71.1 cm³/mol. The number of nitrogens with two attached hydrogens (primary N) is 2. The van der Waals surface area contributed by atoms with Crippen LogP contribution in [0.1, 0.15) is 23.2 Å². The Morgan fingerprint density at radius 1 is 1.33 bits per heavy atom. The first kappa shape index (κ1) is 12.7. The molecule has 18 heavy (non-hydrogen) atoms. The molecule has 5 nitrogen and oxygen atoms in total. The molecule has 0 aromatic heterocycles. The van der Waals surface area contributed by atoms with Crippen molar-refractivity contribution in [2.45, 2.75) is 12.8 Å². The number of anilines is 2. The van der Waals surface area contributed by atoms with Crippen LogP contribution in [-0.2, 0) is 4.74 Å². The van der Waals surface area contributed by atoms with Crippen LogP contribution < -0.4 is 16.8 Å². The summed E-state index contributed by atoms with van der Waals surface area (Å²) in [5.74, 6) is 0.265. The molecule has 1 aliphatic rings. The molecule has 0 spiro atoms. The average Bonchev–Trinajstić information content (AvgIpc) is 2.36. The van der Waals surface area contributed by atoms with E-state index < -0.39 is 0 Å². The number of carbonyl (C=O) groups is 1. The molecule has 5 N–H and O–H groups in total. The van der Waals surface area contributed by atoms with Crippen LogP contribution in [0.25, 0.3) is 0 Å². The van der Waals surface area contributed by atoms with Crippen molar-refractivity contribution in [3.8, 4) is 0 Å². The molecule has 1 atom stereocenters. The highest BCUT2D eigenvalue weighted by Gasteiger charge is 2.15. The summed E-state index contributed by atoms with van der Waals surface area (Å²) in [4.78, 5) is 11.9. The van der Waals surface area contributed by atoms with Gasteiger partial charge in [0.1, 0.15) is 0 Å². The lowest BCUT2D eigenvalue weighted by Crippen LogP contribution is -2.33. The van der Waals surface area contributed by atoms with Gasteiger partial charge in [0.15, 0.2) is 0 Å². The summed E-state index contributed by atoms with van der Waals surface area (Å²) < 4.78 is 5.37. The van der Waals surface area contributed by atoms with Crippen molar-refractivity contribution >= 4 is 17.3 Å². The molecule has 0 bridgehead atoms. The SMILES string of the molecule is Nc1cc(N)cc(C(=O)NCC2CCCOC2)c1. The Hall–Kier alpha value is -1.75. The van der Waals surface area contributed by atoms with Crippen LogP contribution in [0.15, 0.2) is 18.2 Å². The Morgan fingerprint density at radius 2 is 2.06 bits per heavy atom. The number of nitrogens with one attached hydrogen (secondary N) is 1. The predicted octanol–water partition coefficient (Wildman–Crippen LogP) is 1.01. The van der Waals surface area contributed by atoms with Crippen LogP contribution in [0, 0.1) is 5.92 Å². The zero-order valence-electron chi connectivity index (χ0n) is 10.3. The molecular weight excluding hydrogens is 230 g/mol. The number of rotatable bonds is 3. The van der Waals surface area contributed by atoms with E-state index in [-0.39, 0.29) is 5.91 Å². The van der Waals surface area contributed by atoms with Gasteiger partial charge in [-0.2, -0.15) is 0 Å². The first-order valence-electron chi connectivity index (χ1n) is 6.17. The fourth-order valence-corrected chi connectivity index (χ4v) is 2.12. The van der Waals surface area contributed by atoms with Gasteiger partial charge in [0.25, 0.3) is 5.91 Å². The Kier molecular flexibility index (Phi) is 4.04. The minimum absolute atomic E-state index is 0.139. The van der Waals surface area contributed by atoms with Crippen LogP contribution in [0.5, 0.6) is 0 Å². The van der Waals surface area contributed by atoms with Crippen molar-refractivity contribution in [2.75, 3.05) is 31.2 Å². The number of amides is 1. The van der Waals surface area contributed by atoms with Gasteiger partial charge in [0, 0.05) is 30.1 Å². The monoisotopic (exact) mass is 249 g/mol. The lowest BCUT2D eigenvalue weighted by atomic mass is 10.0. The van der Waals surface area contributed by atoms with Gasteiger partial charge in [0.2, 0.25) is 0 Å². The molecule has 1 aromatic rings. The first-order valence-corrected chi connectivity index (χ1v) is 6.17. The van der Waals surface area contributed by atoms with Gasteiger partial charge in [-0.1, -0.05) is 0 Å². The second kappa shape index (κ2) is 5.73. The summed E-state index contributed by atoms with van der Waals surface area (Å²) in [6.07, 6.45) is 2.16. The molecule has 1 saturated heterocycles. The van der Waals surface area contributed by atoms with Crippen LogP contribution in [0.3, 0.4) is 0 Å². The molecule has 98 valence electrons. The normalized spacial score (nSPS) is 19.4. The van der Waals surface area contributed by atoms with Gasteiger partial charge in [0.05, 0.1) is 6.61 Å². The van der Waals surface area contributed by atoms with E-state index in [9.17, 15) is 4.79 Å². The van der Waals surface area contributed by atoms with Crippen LogP contribution in [-0.4, -0.2) is 25.7 Å². The number of benzene rings is 1. The number of nitrogen functional groups attached to an aromatic ring is 2. The van der Waals surface area contributed by atoms with Gasteiger partial charge in [-0.3, -0.25) is 4.79 Å². The van der Waals surface area contributed by atoms with Crippen molar-refractivity contribution in [1.82, 2.24) is 5.32 Å². The van der Waals surface area contributed by atoms with Crippen LogP contribution in [0.4, 0.5) is 11.4 Å². The van der Waals surface area contributed by atoms with E-state index in [1.54, 1.807) is 18.2 Å². The number of carbonyl (C=O) groups excluding carboxylic acids is 1. The third-order valence-electron chi connectivity index (χ3n) is 3.05. The second-order valence-electron chi connectivity index (χ2n) is 4.68. The largest absolute Gasteiger partial charge is 0.399 e. The topological polar surface area (TPSA) is 90.4 Å². The Balaban J connectivity index is 1.90. The summed E-state index contributed by atoms with van der Waals surface area (Å²) in [5.41, 5.74) is 12.8. The van der Waals surface area contributed by atoms with Crippen molar-refractivity contribution in [3.05, 3.63) is 23.8 Å². The fraction of sp³-hybridized carbons (Fsp3) is 0.462. The van der Waals surface area contributed by atoms with Crippen molar-refractivity contribution in [2.24, 2.45) is 5.92 Å². The molecule has 1 fully saturated rings. The highest BCUT2D eigenvalue weighted by molar-refractivity contribution is 5.96. The Morgan fingerprint density at radius 3 is 2.67 bits per heavy atom. The van der Waals surface area contributed by atoms with E-state index in [0.29, 0.717) is 29.4 Å². The Labute approximate surface area is 106 Å². The third kappa shape index (κ3) is 3.37. The first-order chi connectivity index (χ1) is 8.65. The smallest absolute Gasteiger partial charge is 0.251 e. The molecule has 1 aliphatic heterocycles. The number of ether oxygens (including phenoxy) is 1. The maximum absolute atomic E-state index is 11.9. The van der Waals surface area contributed by atoms with E-state index >= 15 is 0 Å². The molecule has 1 amide bonds. The van der Waals surface area contributed by atoms with Gasteiger partial charge in [-0.05, 0) is 37.0 Å². The number of hydrogen-bond acceptors (Lipinski definition) is 4. The van der Waals surface area contributed by atoms with Gasteiger partial charge < -0.3 is 21.5 Å². The minimum Gasteiger partial charge on any atom is -0.399 e.